The molecule has 1 fully saturated rings. The summed E-state index contributed by atoms with van der Waals surface area (Å²) < 4.78 is 0. The second-order valence-electron chi connectivity index (χ2n) is 6.52. The first kappa shape index (κ1) is 15.5. The minimum atomic E-state index is -0.834. The van der Waals surface area contributed by atoms with E-state index in [1.165, 1.54) is 43.4 Å². The van der Waals surface area contributed by atoms with Crippen LogP contribution in [-0.2, 0) is 6.54 Å². The van der Waals surface area contributed by atoms with E-state index in [2.05, 4.69) is 19.2 Å². The van der Waals surface area contributed by atoms with Crippen molar-refractivity contribution in [2.75, 3.05) is 6.54 Å². The first-order valence-corrected chi connectivity index (χ1v) is 8.40. The molecule has 1 saturated carbocycles. The summed E-state index contributed by atoms with van der Waals surface area (Å²) in [5, 5.41) is 14.2. The fourth-order valence-corrected chi connectivity index (χ4v) is 4.31. The maximum Gasteiger partial charge on any atom is 0.336 e. The highest BCUT2D eigenvalue weighted by Gasteiger charge is 2.33. The lowest BCUT2D eigenvalue weighted by Crippen LogP contribution is -2.32. The van der Waals surface area contributed by atoms with Gasteiger partial charge in [0.2, 0.25) is 0 Å². The number of thiophene rings is 1. The standard InChI is InChI=1S/C16H25NO2S/c1-12(2)8-16(5-3-4-6-16)11-17-9-14-7-13(10-20-14)15(18)19/h7,10,12,17H,3-6,8-9,11H2,1-2H3,(H,18,19). The summed E-state index contributed by atoms with van der Waals surface area (Å²) in [6.07, 6.45) is 6.68. The first-order valence-electron chi connectivity index (χ1n) is 7.52. The van der Waals surface area contributed by atoms with E-state index < -0.39 is 5.97 Å². The van der Waals surface area contributed by atoms with Gasteiger partial charge >= 0.3 is 5.97 Å². The maximum absolute atomic E-state index is 10.9. The monoisotopic (exact) mass is 295 g/mol. The molecular formula is C16H25NO2S. The van der Waals surface area contributed by atoms with E-state index in [0.717, 1.165) is 23.9 Å². The second-order valence-corrected chi connectivity index (χ2v) is 7.51. The Kier molecular flexibility index (Phi) is 5.22. The van der Waals surface area contributed by atoms with Gasteiger partial charge in [0.15, 0.2) is 0 Å². The van der Waals surface area contributed by atoms with Crippen molar-refractivity contribution in [3.05, 3.63) is 21.9 Å². The molecule has 20 heavy (non-hydrogen) atoms. The van der Waals surface area contributed by atoms with Crippen molar-refractivity contribution < 1.29 is 9.90 Å². The van der Waals surface area contributed by atoms with Crippen LogP contribution in [0.5, 0.6) is 0 Å². The van der Waals surface area contributed by atoms with Gasteiger partial charge < -0.3 is 10.4 Å². The molecule has 1 aromatic heterocycles. The normalized spacial score (nSPS) is 17.8. The van der Waals surface area contributed by atoms with Crippen LogP contribution in [0.15, 0.2) is 11.4 Å². The number of carboxylic acid groups (broad SMARTS) is 1. The van der Waals surface area contributed by atoms with Crippen LogP contribution in [0.3, 0.4) is 0 Å². The van der Waals surface area contributed by atoms with Gasteiger partial charge in [-0.15, -0.1) is 11.3 Å². The predicted molar refractivity (Wildman–Crippen MR) is 83.3 cm³/mol. The number of nitrogens with one attached hydrogen (secondary N) is 1. The molecule has 1 aliphatic rings. The zero-order valence-electron chi connectivity index (χ0n) is 12.4. The largest absolute Gasteiger partial charge is 0.478 e. The molecule has 0 aromatic carbocycles. The Morgan fingerprint density at radius 3 is 2.70 bits per heavy atom. The second kappa shape index (κ2) is 6.72. The lowest BCUT2D eigenvalue weighted by molar-refractivity contribution is 0.0697. The molecule has 0 unspecified atom stereocenters. The fourth-order valence-electron chi connectivity index (χ4n) is 3.48. The van der Waals surface area contributed by atoms with Gasteiger partial charge in [-0.3, -0.25) is 0 Å². The Labute approximate surface area is 125 Å². The topological polar surface area (TPSA) is 49.3 Å². The number of carboxylic acids is 1. The fraction of sp³-hybridized carbons (Fsp3) is 0.688. The summed E-state index contributed by atoms with van der Waals surface area (Å²) in [5.74, 6) is -0.0881. The third-order valence-electron chi connectivity index (χ3n) is 4.21. The maximum atomic E-state index is 10.9. The summed E-state index contributed by atoms with van der Waals surface area (Å²) in [5.41, 5.74) is 0.880. The van der Waals surface area contributed by atoms with Crippen molar-refractivity contribution in [3.8, 4) is 0 Å². The molecule has 1 aliphatic carbocycles. The molecule has 0 spiro atoms. The van der Waals surface area contributed by atoms with Crippen LogP contribution >= 0.6 is 11.3 Å². The number of carbonyl (C=O) groups is 1. The number of hydrogen-bond donors (Lipinski definition) is 2. The zero-order valence-corrected chi connectivity index (χ0v) is 13.3. The molecule has 4 heteroatoms. The van der Waals surface area contributed by atoms with E-state index in [1.54, 1.807) is 11.4 Å². The molecule has 2 rings (SSSR count). The molecule has 0 amide bonds. The van der Waals surface area contributed by atoms with Crippen molar-refractivity contribution >= 4 is 17.3 Å². The molecule has 1 heterocycles. The highest BCUT2D eigenvalue weighted by atomic mass is 32.1. The molecule has 0 bridgehead atoms. The van der Waals surface area contributed by atoms with E-state index >= 15 is 0 Å². The smallest absolute Gasteiger partial charge is 0.336 e. The van der Waals surface area contributed by atoms with Gasteiger partial charge in [0, 0.05) is 23.3 Å². The molecular weight excluding hydrogens is 270 g/mol. The van der Waals surface area contributed by atoms with Crippen LogP contribution in [-0.4, -0.2) is 17.6 Å². The molecule has 0 radical (unpaired) electrons. The third kappa shape index (κ3) is 4.06. The van der Waals surface area contributed by atoms with Gasteiger partial charge in [-0.1, -0.05) is 26.7 Å². The van der Waals surface area contributed by atoms with Crippen LogP contribution in [0.4, 0.5) is 0 Å². The molecule has 0 aliphatic heterocycles. The van der Waals surface area contributed by atoms with Gasteiger partial charge in [-0.05, 0) is 36.7 Å². The van der Waals surface area contributed by atoms with Crippen LogP contribution in [0.2, 0.25) is 0 Å². The number of hydrogen-bond acceptors (Lipinski definition) is 3. The molecule has 112 valence electrons. The number of rotatable bonds is 7. The van der Waals surface area contributed by atoms with Crippen molar-refractivity contribution in [2.45, 2.75) is 52.5 Å². The SMILES string of the molecule is CC(C)CC1(CNCc2cc(C(=O)O)cs2)CCCC1. The van der Waals surface area contributed by atoms with E-state index in [-0.39, 0.29) is 0 Å². The average Bonchev–Trinajstić information content (AvgIpc) is 2.98. The van der Waals surface area contributed by atoms with Crippen molar-refractivity contribution in [1.29, 1.82) is 0 Å². The van der Waals surface area contributed by atoms with E-state index in [1.807, 2.05) is 0 Å². The predicted octanol–water partition coefficient (Wildman–Crippen LogP) is 4.14. The lowest BCUT2D eigenvalue weighted by Gasteiger charge is -2.31. The zero-order chi connectivity index (χ0) is 14.6. The molecule has 1 aromatic rings. The van der Waals surface area contributed by atoms with E-state index in [0.29, 0.717) is 11.0 Å². The highest BCUT2D eigenvalue weighted by molar-refractivity contribution is 7.10. The van der Waals surface area contributed by atoms with Gasteiger partial charge in [-0.2, -0.15) is 0 Å². The summed E-state index contributed by atoms with van der Waals surface area (Å²) in [6, 6.07) is 1.78. The lowest BCUT2D eigenvalue weighted by atomic mass is 9.78. The summed E-state index contributed by atoms with van der Waals surface area (Å²) in [6.45, 7) is 6.46. The van der Waals surface area contributed by atoms with Crippen molar-refractivity contribution in [1.82, 2.24) is 5.32 Å². The van der Waals surface area contributed by atoms with Gasteiger partial charge in [0.1, 0.15) is 0 Å². The Morgan fingerprint density at radius 1 is 1.45 bits per heavy atom. The molecule has 3 nitrogen and oxygen atoms in total. The Balaban J connectivity index is 1.85. The molecule has 0 saturated heterocycles. The van der Waals surface area contributed by atoms with Crippen LogP contribution in [0, 0.1) is 11.3 Å². The Hall–Kier alpha value is -0.870. The average molecular weight is 295 g/mol. The Morgan fingerprint density at radius 2 is 2.15 bits per heavy atom. The van der Waals surface area contributed by atoms with Gasteiger partial charge in [-0.25, -0.2) is 4.79 Å². The summed E-state index contributed by atoms with van der Waals surface area (Å²) in [4.78, 5) is 12.0. The summed E-state index contributed by atoms with van der Waals surface area (Å²) >= 11 is 1.53. The third-order valence-corrected chi connectivity index (χ3v) is 5.14. The summed E-state index contributed by atoms with van der Waals surface area (Å²) in [7, 11) is 0. The van der Waals surface area contributed by atoms with Crippen molar-refractivity contribution in [3.63, 3.8) is 0 Å². The molecule has 0 atom stereocenters. The van der Waals surface area contributed by atoms with Crippen molar-refractivity contribution in [2.24, 2.45) is 11.3 Å². The quantitative estimate of drug-likeness (QED) is 0.794. The Bertz CT molecular complexity index is 447. The van der Waals surface area contributed by atoms with Gasteiger partial charge in [0.25, 0.3) is 0 Å². The molecule has 2 N–H and O–H groups in total. The van der Waals surface area contributed by atoms with E-state index in [9.17, 15) is 4.79 Å². The minimum Gasteiger partial charge on any atom is -0.478 e. The minimum absolute atomic E-state index is 0.407. The van der Waals surface area contributed by atoms with Crippen LogP contribution < -0.4 is 5.32 Å². The van der Waals surface area contributed by atoms with Crippen LogP contribution in [0.25, 0.3) is 0 Å². The van der Waals surface area contributed by atoms with Crippen LogP contribution in [0.1, 0.15) is 61.2 Å². The highest BCUT2D eigenvalue weighted by Crippen LogP contribution is 2.42. The number of aromatic carboxylic acids is 1. The van der Waals surface area contributed by atoms with Gasteiger partial charge in [0.05, 0.1) is 5.56 Å². The van der Waals surface area contributed by atoms with E-state index in [4.69, 9.17) is 5.11 Å². The first-order chi connectivity index (χ1) is 9.51.